The Balaban J connectivity index is 4.99. The van der Waals surface area contributed by atoms with E-state index in [1.807, 2.05) is 33.3 Å². The summed E-state index contributed by atoms with van der Waals surface area (Å²) in [6, 6.07) is -0.859. The van der Waals surface area contributed by atoms with E-state index in [2.05, 4.69) is 111 Å². The van der Waals surface area contributed by atoms with Crippen molar-refractivity contribution in [2.75, 3.05) is 40.9 Å². The minimum absolute atomic E-state index is 0.0349. The number of hydrogen-bond donors (Lipinski definition) is 2. The van der Waals surface area contributed by atoms with Gasteiger partial charge in [0.25, 0.3) is 0 Å². The fraction of sp³-hybridized carbons (Fsp3) is 0.766. The summed E-state index contributed by atoms with van der Waals surface area (Å²) in [5, 5.41) is 3.06. The molecule has 0 spiro atoms. The van der Waals surface area contributed by atoms with Crippen LogP contribution < -0.4 is 5.32 Å². The number of ether oxygens (including phenoxy) is 1. The Labute approximate surface area is 538 Å². The Morgan fingerprint density at radius 3 is 1.13 bits per heavy atom. The van der Waals surface area contributed by atoms with Crippen LogP contribution in [0.3, 0.4) is 0 Å². The summed E-state index contributed by atoms with van der Waals surface area (Å²) < 4.78 is 30.8. The lowest BCUT2D eigenvalue weighted by atomic mass is 10.0. The lowest BCUT2D eigenvalue weighted by molar-refractivity contribution is -0.870. The minimum Gasteiger partial charge on any atom is -0.456 e. The van der Waals surface area contributed by atoms with E-state index < -0.39 is 20.0 Å². The highest BCUT2D eigenvalue weighted by Gasteiger charge is 2.30. The van der Waals surface area contributed by atoms with Gasteiger partial charge in [0.05, 0.1) is 33.8 Å². The molecule has 0 saturated carbocycles. The summed E-state index contributed by atoms with van der Waals surface area (Å²) in [7, 11) is 1.49. The molecule has 0 radical (unpaired) electrons. The number of unbranched alkanes of at least 4 members (excludes halogenated alkanes) is 36. The third-order valence-corrected chi connectivity index (χ3v) is 17.0. The summed E-state index contributed by atoms with van der Waals surface area (Å²) in [6.45, 7) is 6.89. The van der Waals surface area contributed by atoms with E-state index in [4.69, 9.17) is 13.8 Å². The zero-order valence-electron chi connectivity index (χ0n) is 57.7. The number of phosphoric acid groups is 1. The van der Waals surface area contributed by atoms with Crippen molar-refractivity contribution in [1.82, 2.24) is 5.32 Å². The molecule has 3 unspecified atom stereocenters. The van der Waals surface area contributed by atoms with Gasteiger partial charge in [-0.3, -0.25) is 18.6 Å². The van der Waals surface area contributed by atoms with Crippen molar-refractivity contribution in [2.45, 2.75) is 341 Å². The number of nitrogens with zero attached hydrogens (tertiary/aromatic N) is 1. The van der Waals surface area contributed by atoms with Crippen molar-refractivity contribution < 1.29 is 37.3 Å². The van der Waals surface area contributed by atoms with Gasteiger partial charge < -0.3 is 19.4 Å². The van der Waals surface area contributed by atoms with E-state index in [0.29, 0.717) is 17.4 Å². The molecule has 0 aliphatic heterocycles. The summed E-state index contributed by atoms with van der Waals surface area (Å²) in [5.41, 5.74) is 0. The number of likely N-dealkylation sites (N-methyl/N-ethyl adjacent to an activating group) is 1. The number of rotatable bonds is 66. The molecular formula is C77H140N2O7P+. The molecule has 9 nitrogen and oxygen atoms in total. The predicted octanol–water partition coefficient (Wildman–Crippen LogP) is 23.5. The van der Waals surface area contributed by atoms with E-state index >= 15 is 0 Å². The van der Waals surface area contributed by atoms with Gasteiger partial charge in [-0.15, -0.1) is 0 Å². The molecule has 87 heavy (non-hydrogen) atoms. The van der Waals surface area contributed by atoms with Crippen molar-refractivity contribution in [1.29, 1.82) is 0 Å². The van der Waals surface area contributed by atoms with Crippen LogP contribution in [0.4, 0.5) is 0 Å². The highest BCUT2D eigenvalue weighted by molar-refractivity contribution is 7.47. The molecule has 1 amide bonds. The lowest BCUT2D eigenvalue weighted by Gasteiger charge is -2.27. The number of carbonyl (C=O) groups excluding carboxylic acids is 2. The van der Waals surface area contributed by atoms with Gasteiger partial charge in [-0.05, 0) is 109 Å². The molecule has 0 rings (SSSR count). The second kappa shape index (κ2) is 65.9. The van der Waals surface area contributed by atoms with E-state index in [9.17, 15) is 19.0 Å². The van der Waals surface area contributed by atoms with Crippen molar-refractivity contribution >= 4 is 19.7 Å². The molecule has 0 bridgehead atoms. The van der Waals surface area contributed by atoms with E-state index in [1.54, 1.807) is 0 Å². The maximum Gasteiger partial charge on any atom is 0.472 e. The van der Waals surface area contributed by atoms with Gasteiger partial charge in [-0.2, -0.15) is 0 Å². The van der Waals surface area contributed by atoms with Gasteiger partial charge in [-0.1, -0.05) is 305 Å². The summed E-state index contributed by atoms with van der Waals surface area (Å²) >= 11 is 0. The largest absolute Gasteiger partial charge is 0.472 e. The van der Waals surface area contributed by atoms with Gasteiger partial charge in [0.1, 0.15) is 19.3 Å². The molecule has 0 aromatic carbocycles. The van der Waals surface area contributed by atoms with E-state index in [-0.39, 0.29) is 31.5 Å². The Bertz CT molecular complexity index is 1810. The van der Waals surface area contributed by atoms with Crippen LogP contribution in [-0.2, 0) is 27.9 Å². The monoisotopic (exact) mass is 1240 g/mol. The third kappa shape index (κ3) is 67.2. The van der Waals surface area contributed by atoms with Gasteiger partial charge in [0.15, 0.2) is 0 Å². The van der Waals surface area contributed by atoms with Crippen LogP contribution in [0.5, 0.6) is 0 Å². The van der Waals surface area contributed by atoms with Crippen molar-refractivity contribution in [3.8, 4) is 0 Å². The minimum atomic E-state index is -4.46. The normalized spacial score (nSPS) is 14.1. The molecule has 0 fully saturated rings. The molecule has 0 saturated heterocycles. The van der Waals surface area contributed by atoms with Gasteiger partial charge in [0, 0.05) is 12.8 Å². The first-order valence-electron chi connectivity index (χ1n) is 36.6. The Morgan fingerprint density at radius 2 is 0.736 bits per heavy atom. The van der Waals surface area contributed by atoms with Crippen molar-refractivity contribution in [2.24, 2.45) is 0 Å². The second-order valence-corrected chi connectivity index (χ2v) is 27.2. The summed E-state index contributed by atoms with van der Waals surface area (Å²) in [5.74, 6) is -0.512. The number of phosphoric ester groups is 1. The summed E-state index contributed by atoms with van der Waals surface area (Å²) in [4.78, 5) is 37.9. The predicted molar refractivity (Wildman–Crippen MR) is 378 cm³/mol. The van der Waals surface area contributed by atoms with E-state index in [0.717, 1.165) is 109 Å². The average molecular weight is 1240 g/mol. The molecule has 0 aromatic rings. The standard InChI is InChI=1S/C77H139N2O7P/c1-7-10-13-16-19-22-25-27-29-31-33-35-37-38-39-40-42-44-46-48-50-52-55-58-61-64-67-70-77(81)86-75(68-65-62-59-56-53-24-21-18-15-12-9-3)74(73-85-87(82,83)84-72-71-79(4,5)6)78-76(80)69-66-63-60-57-54-51-49-47-45-43-41-36-34-32-30-28-26-23-20-17-14-11-8-2/h11,14,19-20,22-23,27-30,34,36,43,45,65,68,74-75H,7-10,12-13,15-18,21,24-26,31-33,35,37-42,44,46-64,66-67,69-73H2,1-6H3,(H-,78,80,82,83)/p+1/b14-11-,22-19-,23-20-,29-27-,30-28-,36-34-,45-43-,68-65+. The molecular weight excluding hydrogens is 1100 g/mol. The van der Waals surface area contributed by atoms with Crippen molar-refractivity contribution in [3.63, 3.8) is 0 Å². The van der Waals surface area contributed by atoms with E-state index in [1.165, 1.54) is 186 Å². The first-order valence-corrected chi connectivity index (χ1v) is 38.1. The number of esters is 1. The van der Waals surface area contributed by atoms with Crippen LogP contribution in [0.2, 0.25) is 0 Å². The van der Waals surface area contributed by atoms with Gasteiger partial charge in [0.2, 0.25) is 5.91 Å². The maximum absolute atomic E-state index is 13.6. The SMILES string of the molecule is CC/C=C\C/C=C\C/C=C\C/C=C\C/C=C\CCCCCCCCCC(=O)NC(COP(=O)(O)OCC[N+](C)(C)C)C(/C=C/CCCCCCCCCCC)OC(=O)CCCCCCCCCCCCCCCCCCC/C=C\C/C=C\CCCCC. The fourth-order valence-electron chi connectivity index (χ4n) is 10.4. The van der Waals surface area contributed by atoms with Crippen LogP contribution in [0, 0.1) is 0 Å². The summed E-state index contributed by atoms with van der Waals surface area (Å²) in [6.07, 6.45) is 90.0. The van der Waals surface area contributed by atoms with Crippen LogP contribution >= 0.6 is 7.82 Å². The zero-order chi connectivity index (χ0) is 63.5. The lowest BCUT2D eigenvalue weighted by Crippen LogP contribution is -2.47. The number of hydrogen-bond acceptors (Lipinski definition) is 6. The third-order valence-electron chi connectivity index (χ3n) is 16.0. The zero-order valence-corrected chi connectivity index (χ0v) is 58.6. The molecule has 0 aliphatic carbocycles. The Morgan fingerprint density at radius 1 is 0.414 bits per heavy atom. The number of amides is 1. The molecule has 0 aromatic heterocycles. The fourth-order valence-corrected chi connectivity index (χ4v) is 11.1. The molecule has 504 valence electrons. The van der Waals surface area contributed by atoms with Crippen LogP contribution in [0.25, 0.3) is 0 Å². The first-order chi connectivity index (χ1) is 42.4. The molecule has 0 heterocycles. The number of carbonyl (C=O) groups is 2. The van der Waals surface area contributed by atoms with Gasteiger partial charge >= 0.3 is 13.8 Å². The van der Waals surface area contributed by atoms with Gasteiger partial charge in [-0.25, -0.2) is 4.57 Å². The number of nitrogens with one attached hydrogen (secondary N) is 1. The molecule has 0 aliphatic rings. The Kier molecular flexibility index (Phi) is 63.5. The van der Waals surface area contributed by atoms with Crippen LogP contribution in [0.15, 0.2) is 97.2 Å². The Hall–Kier alpha value is -3.07. The topological polar surface area (TPSA) is 111 Å². The van der Waals surface area contributed by atoms with Crippen LogP contribution in [0.1, 0.15) is 329 Å². The average Bonchev–Trinajstić information content (AvgIpc) is 3.70. The van der Waals surface area contributed by atoms with Crippen molar-refractivity contribution in [3.05, 3.63) is 97.2 Å². The van der Waals surface area contributed by atoms with Crippen LogP contribution in [-0.4, -0.2) is 74.3 Å². The highest BCUT2D eigenvalue weighted by atomic mass is 31.2. The molecule has 2 N–H and O–H groups in total. The molecule has 10 heteroatoms. The maximum atomic E-state index is 13.6. The quantitative estimate of drug-likeness (QED) is 0.0205. The number of quaternary nitrogens is 1. The second-order valence-electron chi connectivity index (χ2n) is 25.7. The number of allylic oxidation sites excluding steroid dienone is 15. The first kappa shape index (κ1) is 83.9. The molecule has 3 atom stereocenters. The smallest absolute Gasteiger partial charge is 0.456 e. The highest BCUT2D eigenvalue weighted by Crippen LogP contribution is 2.43.